The Bertz CT molecular complexity index is 499. The summed E-state index contributed by atoms with van der Waals surface area (Å²) in [6.45, 7) is 5.80. The first-order valence-corrected chi connectivity index (χ1v) is 6.67. The zero-order chi connectivity index (χ0) is 13.2. The van der Waals surface area contributed by atoms with Crippen LogP contribution in [0.5, 0.6) is 0 Å². The highest BCUT2D eigenvalue weighted by atomic mass is 19.1. The second-order valence-corrected chi connectivity index (χ2v) is 5.11. The summed E-state index contributed by atoms with van der Waals surface area (Å²) in [6.07, 6.45) is 0. The summed E-state index contributed by atoms with van der Waals surface area (Å²) in [6, 6.07) is 7.34. The Morgan fingerprint density at radius 3 is 2.47 bits per heavy atom. The van der Waals surface area contributed by atoms with E-state index in [2.05, 4.69) is 15.1 Å². The molecule has 1 N–H and O–H groups in total. The summed E-state index contributed by atoms with van der Waals surface area (Å²) in [5.74, 6) is -0.294. The number of hydrogen-bond donors (Lipinski definition) is 1. The first kappa shape index (κ1) is 12.4. The third-order valence-corrected chi connectivity index (χ3v) is 4.01. The minimum atomic E-state index is -0.294. The van der Waals surface area contributed by atoms with Crippen molar-refractivity contribution in [3.8, 4) is 6.07 Å². The van der Waals surface area contributed by atoms with Crippen LogP contribution in [0.1, 0.15) is 5.56 Å². The van der Waals surface area contributed by atoms with Crippen LogP contribution in [0, 0.1) is 17.1 Å². The fraction of sp³-hybridized carbons (Fsp3) is 0.500. The monoisotopic (exact) mass is 260 g/mol. The quantitative estimate of drug-likeness (QED) is 0.854. The highest BCUT2D eigenvalue weighted by Crippen LogP contribution is 2.22. The molecule has 0 atom stereocenters. The lowest BCUT2D eigenvalue weighted by Crippen LogP contribution is -2.61. The van der Waals surface area contributed by atoms with Gasteiger partial charge < -0.3 is 10.2 Å². The summed E-state index contributed by atoms with van der Waals surface area (Å²) in [5, 5.41) is 12.0. The van der Waals surface area contributed by atoms with E-state index in [4.69, 9.17) is 5.26 Å². The maximum absolute atomic E-state index is 13.9. The van der Waals surface area contributed by atoms with Crippen molar-refractivity contribution >= 4 is 5.69 Å². The molecule has 1 aromatic carbocycles. The predicted octanol–water partition coefficient (Wildman–Crippen LogP) is 0.791. The molecule has 19 heavy (non-hydrogen) atoms. The topological polar surface area (TPSA) is 42.3 Å². The highest BCUT2D eigenvalue weighted by Gasteiger charge is 2.28. The number of nitrogens with zero attached hydrogens (tertiary/aromatic N) is 3. The molecule has 3 rings (SSSR count). The minimum absolute atomic E-state index is 0.294. The van der Waals surface area contributed by atoms with E-state index in [0.717, 1.165) is 39.3 Å². The standard InChI is InChI=1S/C14H17FN4/c15-13-7-11(8-16)1-2-14(13)19-5-3-18(4-6-19)12-9-17-10-12/h1-2,7,12,17H,3-6,9-10H2. The Morgan fingerprint density at radius 2 is 1.95 bits per heavy atom. The van der Waals surface area contributed by atoms with E-state index in [1.54, 1.807) is 12.1 Å². The fourth-order valence-corrected chi connectivity index (χ4v) is 2.69. The van der Waals surface area contributed by atoms with E-state index in [-0.39, 0.29) is 5.82 Å². The number of anilines is 1. The summed E-state index contributed by atoms with van der Waals surface area (Å²) >= 11 is 0. The zero-order valence-corrected chi connectivity index (χ0v) is 10.8. The average Bonchev–Trinajstić information content (AvgIpc) is 2.38. The van der Waals surface area contributed by atoms with Gasteiger partial charge in [0.1, 0.15) is 5.82 Å². The lowest BCUT2D eigenvalue weighted by atomic mass is 10.1. The molecule has 2 saturated heterocycles. The van der Waals surface area contributed by atoms with Crippen LogP contribution < -0.4 is 10.2 Å². The molecule has 0 unspecified atom stereocenters. The molecule has 2 heterocycles. The van der Waals surface area contributed by atoms with Crippen molar-refractivity contribution in [3.05, 3.63) is 29.6 Å². The molecule has 0 amide bonds. The van der Waals surface area contributed by atoms with E-state index < -0.39 is 0 Å². The molecule has 100 valence electrons. The Kier molecular flexibility index (Phi) is 3.36. The summed E-state index contributed by atoms with van der Waals surface area (Å²) in [4.78, 5) is 4.54. The van der Waals surface area contributed by atoms with Gasteiger partial charge in [-0.15, -0.1) is 0 Å². The van der Waals surface area contributed by atoms with Crippen LogP contribution in [0.4, 0.5) is 10.1 Å². The molecule has 0 aromatic heterocycles. The van der Waals surface area contributed by atoms with Crippen LogP contribution in [0.3, 0.4) is 0 Å². The Hall–Kier alpha value is -1.64. The number of rotatable bonds is 2. The Labute approximate surface area is 112 Å². The maximum Gasteiger partial charge on any atom is 0.147 e. The number of nitrogens with one attached hydrogen (secondary N) is 1. The van der Waals surface area contributed by atoms with Crippen molar-refractivity contribution in [3.63, 3.8) is 0 Å². The smallest absolute Gasteiger partial charge is 0.147 e. The molecule has 0 radical (unpaired) electrons. The fourth-order valence-electron chi connectivity index (χ4n) is 2.69. The predicted molar refractivity (Wildman–Crippen MR) is 71.6 cm³/mol. The highest BCUT2D eigenvalue weighted by molar-refractivity contribution is 5.51. The lowest BCUT2D eigenvalue weighted by Gasteiger charge is -2.43. The number of halogens is 1. The Balaban J connectivity index is 1.66. The summed E-state index contributed by atoms with van der Waals surface area (Å²) in [7, 11) is 0. The van der Waals surface area contributed by atoms with Crippen molar-refractivity contribution < 1.29 is 4.39 Å². The van der Waals surface area contributed by atoms with Crippen molar-refractivity contribution in [2.45, 2.75) is 6.04 Å². The third-order valence-electron chi connectivity index (χ3n) is 4.01. The van der Waals surface area contributed by atoms with Crippen LogP contribution in [-0.4, -0.2) is 50.2 Å². The molecule has 0 bridgehead atoms. The van der Waals surface area contributed by atoms with Crippen LogP contribution >= 0.6 is 0 Å². The number of hydrogen-bond acceptors (Lipinski definition) is 4. The van der Waals surface area contributed by atoms with Crippen molar-refractivity contribution in [1.29, 1.82) is 5.26 Å². The van der Waals surface area contributed by atoms with E-state index in [1.165, 1.54) is 6.07 Å². The van der Waals surface area contributed by atoms with Gasteiger partial charge in [-0.1, -0.05) is 0 Å². The molecule has 2 aliphatic heterocycles. The van der Waals surface area contributed by atoms with E-state index >= 15 is 0 Å². The molecule has 0 spiro atoms. The maximum atomic E-state index is 13.9. The van der Waals surface area contributed by atoms with Gasteiger partial charge in [-0.25, -0.2) is 4.39 Å². The minimum Gasteiger partial charge on any atom is -0.367 e. The number of nitriles is 1. The van der Waals surface area contributed by atoms with E-state index in [0.29, 0.717) is 17.3 Å². The van der Waals surface area contributed by atoms with Crippen molar-refractivity contribution in [2.75, 3.05) is 44.2 Å². The molecule has 0 saturated carbocycles. The van der Waals surface area contributed by atoms with Crippen molar-refractivity contribution in [1.82, 2.24) is 10.2 Å². The van der Waals surface area contributed by atoms with Gasteiger partial charge in [-0.05, 0) is 18.2 Å². The second-order valence-electron chi connectivity index (χ2n) is 5.11. The second kappa shape index (κ2) is 5.16. The van der Waals surface area contributed by atoms with Crippen molar-refractivity contribution in [2.24, 2.45) is 0 Å². The van der Waals surface area contributed by atoms with Crippen LogP contribution in [0.25, 0.3) is 0 Å². The van der Waals surface area contributed by atoms with Gasteiger partial charge >= 0.3 is 0 Å². The average molecular weight is 260 g/mol. The number of benzene rings is 1. The first-order valence-electron chi connectivity index (χ1n) is 6.67. The number of piperazine rings is 1. The van der Waals surface area contributed by atoms with Crippen LogP contribution in [0.2, 0.25) is 0 Å². The third kappa shape index (κ3) is 2.42. The van der Waals surface area contributed by atoms with Crippen LogP contribution in [-0.2, 0) is 0 Å². The van der Waals surface area contributed by atoms with Gasteiger partial charge in [0.15, 0.2) is 0 Å². The van der Waals surface area contributed by atoms with Gasteiger partial charge in [0, 0.05) is 45.3 Å². The molecule has 2 aliphatic rings. The van der Waals surface area contributed by atoms with Gasteiger partial charge in [0.25, 0.3) is 0 Å². The van der Waals surface area contributed by atoms with E-state index in [9.17, 15) is 4.39 Å². The lowest BCUT2D eigenvalue weighted by molar-refractivity contribution is 0.137. The van der Waals surface area contributed by atoms with Crippen LogP contribution in [0.15, 0.2) is 18.2 Å². The molecular weight excluding hydrogens is 243 g/mol. The Morgan fingerprint density at radius 1 is 1.21 bits per heavy atom. The SMILES string of the molecule is N#Cc1ccc(N2CCN(C3CNC3)CC2)c(F)c1. The van der Waals surface area contributed by atoms with Gasteiger partial charge in [0.2, 0.25) is 0 Å². The normalized spacial score (nSPS) is 20.9. The van der Waals surface area contributed by atoms with Gasteiger partial charge in [0.05, 0.1) is 17.3 Å². The van der Waals surface area contributed by atoms with Gasteiger partial charge in [-0.3, -0.25) is 4.90 Å². The molecule has 5 heteroatoms. The molecule has 0 aliphatic carbocycles. The molecule has 2 fully saturated rings. The molecule has 1 aromatic rings. The first-order chi connectivity index (χ1) is 9.28. The van der Waals surface area contributed by atoms with Gasteiger partial charge in [-0.2, -0.15) is 5.26 Å². The summed E-state index contributed by atoms with van der Waals surface area (Å²) in [5.41, 5.74) is 0.991. The zero-order valence-electron chi connectivity index (χ0n) is 10.8. The summed E-state index contributed by atoms with van der Waals surface area (Å²) < 4.78 is 13.9. The molecular formula is C14H17FN4. The van der Waals surface area contributed by atoms with E-state index in [1.807, 2.05) is 6.07 Å². The largest absolute Gasteiger partial charge is 0.367 e. The molecule has 4 nitrogen and oxygen atoms in total.